The molecule has 4 saturated heterocycles. The fraction of sp³-hybridized carbons (Fsp3) is 0.833. The van der Waals surface area contributed by atoms with Gasteiger partial charge in [0.2, 0.25) is 0 Å². The van der Waals surface area contributed by atoms with Crippen molar-refractivity contribution in [3.05, 3.63) is 12.2 Å². The summed E-state index contributed by atoms with van der Waals surface area (Å²) in [6.07, 6.45) is 6.65. The van der Waals surface area contributed by atoms with E-state index in [1.165, 1.54) is 12.2 Å². The molecule has 0 N–H and O–H groups in total. The zero-order chi connectivity index (χ0) is 22.9. The molecule has 180 valence electrons. The largest absolute Gasteiger partial charge is 0.456 e. The molecule has 4 heterocycles. The van der Waals surface area contributed by atoms with Crippen molar-refractivity contribution >= 4 is 11.9 Å². The monoisotopic (exact) mass is 450 g/mol. The molecule has 8 nitrogen and oxygen atoms in total. The van der Waals surface area contributed by atoms with E-state index in [4.69, 9.17) is 18.9 Å². The third-order valence-electron chi connectivity index (χ3n) is 7.68. The molecular weight excluding hydrogens is 412 g/mol. The highest BCUT2D eigenvalue weighted by molar-refractivity contribution is 5.91. The van der Waals surface area contributed by atoms with Crippen LogP contribution in [0.3, 0.4) is 0 Å². The Bertz CT molecular complexity index is 664. The van der Waals surface area contributed by atoms with Crippen molar-refractivity contribution < 1.29 is 28.5 Å². The molecule has 0 saturated carbocycles. The van der Waals surface area contributed by atoms with Crippen molar-refractivity contribution in [3.8, 4) is 0 Å². The van der Waals surface area contributed by atoms with Gasteiger partial charge >= 0.3 is 11.9 Å². The number of hydrogen-bond acceptors (Lipinski definition) is 8. The number of nitrogens with zero attached hydrogens (tertiary/aromatic N) is 2. The van der Waals surface area contributed by atoms with E-state index in [1.807, 2.05) is 13.8 Å². The second-order valence-corrected chi connectivity index (χ2v) is 10.2. The van der Waals surface area contributed by atoms with E-state index in [2.05, 4.69) is 23.9 Å². The van der Waals surface area contributed by atoms with Gasteiger partial charge in [-0.1, -0.05) is 0 Å². The maximum absolute atomic E-state index is 12.5. The van der Waals surface area contributed by atoms with Crippen LogP contribution in [0, 0.1) is 0 Å². The second kappa shape index (κ2) is 9.41. The number of piperidine rings is 2. The van der Waals surface area contributed by atoms with Gasteiger partial charge in [0.25, 0.3) is 0 Å². The molecule has 0 amide bonds. The van der Waals surface area contributed by atoms with Crippen LogP contribution in [-0.2, 0) is 28.5 Å². The molecule has 0 bridgehead atoms. The summed E-state index contributed by atoms with van der Waals surface area (Å²) in [5.41, 5.74) is -0.818. The first-order valence-corrected chi connectivity index (χ1v) is 12.0. The van der Waals surface area contributed by atoms with Crippen molar-refractivity contribution in [2.75, 3.05) is 40.3 Å². The summed E-state index contributed by atoms with van der Waals surface area (Å²) < 4.78 is 23.9. The van der Waals surface area contributed by atoms with Crippen molar-refractivity contribution in [3.63, 3.8) is 0 Å². The Morgan fingerprint density at radius 2 is 1.09 bits per heavy atom. The minimum atomic E-state index is -0.520. The average molecular weight is 451 g/mol. The number of ether oxygens (including phenoxy) is 4. The van der Waals surface area contributed by atoms with Gasteiger partial charge in [-0.3, -0.25) is 0 Å². The van der Waals surface area contributed by atoms with E-state index < -0.39 is 23.1 Å². The number of likely N-dealkylation sites (tertiary alicyclic amines) is 2. The summed E-state index contributed by atoms with van der Waals surface area (Å²) >= 11 is 0. The quantitative estimate of drug-likeness (QED) is 0.475. The second-order valence-electron chi connectivity index (χ2n) is 10.2. The van der Waals surface area contributed by atoms with Crippen LogP contribution in [0.25, 0.3) is 0 Å². The topological polar surface area (TPSA) is 77.5 Å². The highest BCUT2D eigenvalue weighted by Gasteiger charge is 2.51. The Balaban J connectivity index is 1.32. The van der Waals surface area contributed by atoms with E-state index in [9.17, 15) is 9.59 Å². The fourth-order valence-corrected chi connectivity index (χ4v) is 5.76. The molecule has 32 heavy (non-hydrogen) atoms. The zero-order valence-corrected chi connectivity index (χ0v) is 19.9. The molecule has 0 aliphatic carbocycles. The fourth-order valence-electron chi connectivity index (χ4n) is 5.76. The number of rotatable bonds is 4. The summed E-state index contributed by atoms with van der Waals surface area (Å²) in [6.45, 7) is 7.71. The predicted octanol–water partition coefficient (Wildman–Crippen LogP) is 1.91. The maximum atomic E-state index is 12.5. The zero-order valence-electron chi connectivity index (χ0n) is 19.9. The molecule has 4 rings (SSSR count). The molecular formula is C24H38N2O6. The highest BCUT2D eigenvalue weighted by Crippen LogP contribution is 2.42. The van der Waals surface area contributed by atoms with Crippen molar-refractivity contribution in [2.24, 2.45) is 0 Å². The highest BCUT2D eigenvalue weighted by atomic mass is 16.6. The van der Waals surface area contributed by atoms with Gasteiger partial charge in [0, 0.05) is 51.2 Å². The van der Waals surface area contributed by atoms with Gasteiger partial charge in [-0.25, -0.2) is 9.59 Å². The minimum absolute atomic E-state index is 0.0558. The third-order valence-corrected chi connectivity index (χ3v) is 7.68. The molecule has 4 fully saturated rings. The van der Waals surface area contributed by atoms with Crippen LogP contribution in [0.15, 0.2) is 12.2 Å². The van der Waals surface area contributed by atoms with E-state index in [0.717, 1.165) is 51.9 Å². The normalized spacial score (nSPS) is 35.0. The van der Waals surface area contributed by atoms with Crippen LogP contribution in [0.1, 0.15) is 52.4 Å². The third kappa shape index (κ3) is 5.03. The Hall–Kier alpha value is -1.48. The summed E-state index contributed by atoms with van der Waals surface area (Å²) in [5, 5.41) is 0. The molecule has 0 aromatic carbocycles. The number of hydrogen-bond donors (Lipinski definition) is 0. The first-order chi connectivity index (χ1) is 15.2. The summed E-state index contributed by atoms with van der Waals surface area (Å²) in [6, 6.07) is 0. The summed E-state index contributed by atoms with van der Waals surface area (Å²) in [5.74, 6) is -1.04. The Morgan fingerprint density at radius 3 is 1.44 bits per heavy atom. The number of carbonyl (C=O) groups excluding carboxylic acids is 2. The van der Waals surface area contributed by atoms with Crippen LogP contribution in [0.5, 0.6) is 0 Å². The lowest BCUT2D eigenvalue weighted by atomic mass is 9.86. The number of esters is 2. The van der Waals surface area contributed by atoms with Crippen LogP contribution >= 0.6 is 0 Å². The lowest BCUT2D eigenvalue weighted by molar-refractivity contribution is -0.162. The molecule has 0 aromatic rings. The van der Waals surface area contributed by atoms with Crippen LogP contribution < -0.4 is 0 Å². The van der Waals surface area contributed by atoms with Gasteiger partial charge in [0.15, 0.2) is 0 Å². The lowest BCUT2D eigenvalue weighted by Crippen LogP contribution is -2.50. The first-order valence-electron chi connectivity index (χ1n) is 12.0. The maximum Gasteiger partial charge on any atom is 0.331 e. The predicted molar refractivity (Wildman–Crippen MR) is 118 cm³/mol. The standard InChI is InChI=1S/C24H38N2O6/c1-17-15-19(23(31-17)7-11-25(3)12-8-23)29-21(27)5-6-22(28)30-20-16-18(2)32-24(20)9-13-26(4)14-10-24/h5-6,17-20H,7-16H2,1-4H3/b6-5+. The van der Waals surface area contributed by atoms with E-state index in [0.29, 0.717) is 12.8 Å². The van der Waals surface area contributed by atoms with Crippen LogP contribution in [0.4, 0.5) is 0 Å². The lowest BCUT2D eigenvalue weighted by Gasteiger charge is -2.40. The minimum Gasteiger partial charge on any atom is -0.456 e. The molecule has 0 radical (unpaired) electrons. The molecule has 0 aromatic heterocycles. The number of carbonyl (C=O) groups is 2. The van der Waals surface area contributed by atoms with Crippen molar-refractivity contribution in [1.29, 1.82) is 0 Å². The molecule has 4 aliphatic rings. The van der Waals surface area contributed by atoms with Gasteiger partial charge in [-0.05, 0) is 53.6 Å². The molecule has 2 spiro atoms. The smallest absolute Gasteiger partial charge is 0.331 e. The summed E-state index contributed by atoms with van der Waals surface area (Å²) in [4.78, 5) is 29.5. The molecule has 4 unspecified atom stereocenters. The van der Waals surface area contributed by atoms with E-state index in [1.54, 1.807) is 0 Å². The van der Waals surface area contributed by atoms with Crippen LogP contribution in [0.2, 0.25) is 0 Å². The molecule has 4 atom stereocenters. The van der Waals surface area contributed by atoms with Gasteiger partial charge < -0.3 is 28.7 Å². The summed E-state index contributed by atoms with van der Waals surface area (Å²) in [7, 11) is 4.18. The average Bonchev–Trinajstić information content (AvgIpc) is 3.21. The Morgan fingerprint density at radius 1 is 0.750 bits per heavy atom. The molecule has 8 heteroatoms. The SMILES string of the molecule is CC1CC(OC(=O)/C=C/C(=O)OC2CC(C)OC23CCN(C)CC3)C2(CCN(C)CC2)O1. The van der Waals surface area contributed by atoms with Gasteiger partial charge in [0.1, 0.15) is 23.4 Å². The first kappa shape index (κ1) is 23.7. The van der Waals surface area contributed by atoms with Gasteiger partial charge in [0.05, 0.1) is 12.2 Å². The van der Waals surface area contributed by atoms with Crippen molar-refractivity contribution in [2.45, 2.75) is 88.0 Å². The Kier molecular flexibility index (Phi) is 6.96. The van der Waals surface area contributed by atoms with Crippen LogP contribution in [-0.4, -0.2) is 97.6 Å². The van der Waals surface area contributed by atoms with Crippen molar-refractivity contribution in [1.82, 2.24) is 9.80 Å². The molecule has 4 aliphatic heterocycles. The van der Waals surface area contributed by atoms with Gasteiger partial charge in [-0.2, -0.15) is 0 Å². The van der Waals surface area contributed by atoms with E-state index in [-0.39, 0.29) is 24.4 Å². The van der Waals surface area contributed by atoms with E-state index >= 15 is 0 Å². The Labute approximate surface area is 191 Å². The van der Waals surface area contributed by atoms with Gasteiger partial charge in [-0.15, -0.1) is 0 Å².